The number of rotatable bonds is 9. The van der Waals surface area contributed by atoms with Crippen molar-refractivity contribution in [1.29, 1.82) is 0 Å². The second-order valence-electron chi connectivity index (χ2n) is 5.50. The third kappa shape index (κ3) is 5.47. The van der Waals surface area contributed by atoms with Crippen LogP contribution in [0.3, 0.4) is 0 Å². The van der Waals surface area contributed by atoms with Crippen molar-refractivity contribution in [2.24, 2.45) is 0 Å². The highest BCUT2D eigenvalue weighted by Gasteiger charge is 2.27. The highest BCUT2D eigenvalue weighted by atomic mass is 19.1. The van der Waals surface area contributed by atoms with Gasteiger partial charge < -0.3 is 15.2 Å². The van der Waals surface area contributed by atoms with E-state index < -0.39 is 0 Å². The Labute approximate surface area is 121 Å². The van der Waals surface area contributed by atoms with E-state index in [0.29, 0.717) is 18.4 Å². The fraction of sp³-hybridized carbons (Fsp3) is 0.625. The minimum Gasteiger partial charge on any atom is -0.493 e. The highest BCUT2D eigenvalue weighted by molar-refractivity contribution is 5.22. The Kier molecular flexibility index (Phi) is 6.96. The molecule has 0 aromatic heterocycles. The predicted octanol–water partition coefficient (Wildman–Crippen LogP) is 3.12. The van der Waals surface area contributed by atoms with Crippen LogP contribution >= 0.6 is 0 Å². The first kappa shape index (κ1) is 16.9. The van der Waals surface area contributed by atoms with Crippen LogP contribution in [0.15, 0.2) is 24.3 Å². The van der Waals surface area contributed by atoms with Gasteiger partial charge in [0.1, 0.15) is 11.6 Å². The summed E-state index contributed by atoms with van der Waals surface area (Å²) < 4.78 is 18.5. The molecule has 0 bridgehead atoms. The summed E-state index contributed by atoms with van der Waals surface area (Å²) >= 11 is 0. The van der Waals surface area contributed by atoms with Crippen molar-refractivity contribution in [3.05, 3.63) is 30.1 Å². The van der Waals surface area contributed by atoms with Crippen LogP contribution in [0.5, 0.6) is 5.75 Å². The van der Waals surface area contributed by atoms with Crippen molar-refractivity contribution >= 4 is 0 Å². The molecule has 3 nitrogen and oxygen atoms in total. The molecule has 1 atom stereocenters. The van der Waals surface area contributed by atoms with Gasteiger partial charge in [-0.15, -0.1) is 0 Å². The third-order valence-corrected chi connectivity index (χ3v) is 3.44. The summed E-state index contributed by atoms with van der Waals surface area (Å²) in [7, 11) is 0. The molecule has 0 fully saturated rings. The van der Waals surface area contributed by atoms with Crippen molar-refractivity contribution in [2.75, 3.05) is 13.2 Å². The van der Waals surface area contributed by atoms with Gasteiger partial charge in [0.05, 0.1) is 13.2 Å². The SMILES string of the molecule is CCC(CO)(CCCOc1cccc(F)c1)NC(C)C. The molecule has 0 saturated carbocycles. The van der Waals surface area contributed by atoms with Gasteiger partial charge in [-0.25, -0.2) is 4.39 Å². The molecule has 1 rings (SSSR count). The van der Waals surface area contributed by atoms with Gasteiger partial charge in [0.25, 0.3) is 0 Å². The standard InChI is InChI=1S/C16H26FNO2/c1-4-16(12-19,18-13(2)3)9-6-10-20-15-8-5-7-14(17)11-15/h5,7-8,11,13,18-19H,4,6,9-10,12H2,1-3H3. The van der Waals surface area contributed by atoms with Crippen LogP contribution in [-0.2, 0) is 0 Å². The second-order valence-corrected chi connectivity index (χ2v) is 5.50. The van der Waals surface area contributed by atoms with Crippen LogP contribution in [0.4, 0.5) is 4.39 Å². The van der Waals surface area contributed by atoms with Gasteiger partial charge >= 0.3 is 0 Å². The fourth-order valence-corrected chi connectivity index (χ4v) is 2.36. The second kappa shape index (κ2) is 8.22. The first-order valence-corrected chi connectivity index (χ1v) is 7.28. The Morgan fingerprint density at radius 2 is 2.15 bits per heavy atom. The zero-order valence-corrected chi connectivity index (χ0v) is 12.7. The maximum atomic E-state index is 13.0. The molecule has 0 amide bonds. The largest absolute Gasteiger partial charge is 0.493 e. The lowest BCUT2D eigenvalue weighted by molar-refractivity contribution is 0.129. The smallest absolute Gasteiger partial charge is 0.126 e. The fourth-order valence-electron chi connectivity index (χ4n) is 2.36. The minimum atomic E-state index is -0.290. The predicted molar refractivity (Wildman–Crippen MR) is 79.5 cm³/mol. The van der Waals surface area contributed by atoms with Crippen molar-refractivity contribution in [2.45, 2.75) is 51.6 Å². The van der Waals surface area contributed by atoms with Crippen molar-refractivity contribution < 1.29 is 14.2 Å². The maximum absolute atomic E-state index is 13.0. The lowest BCUT2D eigenvalue weighted by Gasteiger charge is -2.34. The Bertz CT molecular complexity index is 392. The number of nitrogens with one attached hydrogen (secondary N) is 1. The molecule has 2 N–H and O–H groups in total. The summed E-state index contributed by atoms with van der Waals surface area (Å²) in [6, 6.07) is 6.48. The molecule has 0 aliphatic heterocycles. The molecule has 114 valence electrons. The average Bonchev–Trinajstić information content (AvgIpc) is 2.42. The summed E-state index contributed by atoms with van der Waals surface area (Å²) in [6.07, 6.45) is 2.50. The topological polar surface area (TPSA) is 41.5 Å². The molecule has 0 radical (unpaired) electrons. The highest BCUT2D eigenvalue weighted by Crippen LogP contribution is 2.19. The Balaban J connectivity index is 2.41. The molecule has 4 heteroatoms. The number of aliphatic hydroxyl groups is 1. The molecule has 0 saturated heterocycles. The van der Waals surface area contributed by atoms with E-state index in [0.717, 1.165) is 19.3 Å². The average molecular weight is 283 g/mol. The molecule has 0 aliphatic carbocycles. The van der Waals surface area contributed by atoms with Gasteiger partial charge in [-0.3, -0.25) is 0 Å². The van der Waals surface area contributed by atoms with Crippen molar-refractivity contribution in [1.82, 2.24) is 5.32 Å². The van der Waals surface area contributed by atoms with Crippen LogP contribution in [0.1, 0.15) is 40.0 Å². The summed E-state index contributed by atoms with van der Waals surface area (Å²) in [5, 5.41) is 13.1. The Morgan fingerprint density at radius 1 is 1.40 bits per heavy atom. The van der Waals surface area contributed by atoms with Gasteiger partial charge in [0.2, 0.25) is 0 Å². The van der Waals surface area contributed by atoms with Gasteiger partial charge in [0.15, 0.2) is 0 Å². The van der Waals surface area contributed by atoms with Gasteiger partial charge in [0, 0.05) is 17.6 Å². The van der Waals surface area contributed by atoms with E-state index in [1.807, 2.05) is 0 Å². The third-order valence-electron chi connectivity index (χ3n) is 3.44. The van der Waals surface area contributed by atoms with Crippen LogP contribution < -0.4 is 10.1 Å². The lowest BCUT2D eigenvalue weighted by atomic mass is 9.90. The molecule has 1 aromatic carbocycles. The first-order valence-electron chi connectivity index (χ1n) is 7.28. The Hall–Kier alpha value is -1.13. The monoisotopic (exact) mass is 283 g/mol. The number of halogens is 1. The zero-order valence-electron chi connectivity index (χ0n) is 12.7. The van der Waals surface area contributed by atoms with E-state index in [1.54, 1.807) is 12.1 Å². The summed E-state index contributed by atoms with van der Waals surface area (Å²) in [6.45, 7) is 6.85. The van der Waals surface area contributed by atoms with Crippen molar-refractivity contribution in [3.8, 4) is 5.75 Å². The van der Waals surface area contributed by atoms with E-state index >= 15 is 0 Å². The van der Waals surface area contributed by atoms with E-state index in [2.05, 4.69) is 26.1 Å². The molecule has 20 heavy (non-hydrogen) atoms. The normalized spacial score (nSPS) is 14.3. The maximum Gasteiger partial charge on any atom is 0.126 e. The van der Waals surface area contributed by atoms with Gasteiger partial charge in [-0.05, 0) is 31.4 Å². The number of aliphatic hydroxyl groups excluding tert-OH is 1. The Morgan fingerprint density at radius 3 is 2.70 bits per heavy atom. The quantitative estimate of drug-likeness (QED) is 0.684. The van der Waals surface area contributed by atoms with Crippen molar-refractivity contribution in [3.63, 3.8) is 0 Å². The number of ether oxygens (including phenoxy) is 1. The van der Waals surface area contributed by atoms with Crippen LogP contribution in [0, 0.1) is 5.82 Å². The molecular weight excluding hydrogens is 257 g/mol. The minimum absolute atomic E-state index is 0.113. The number of benzene rings is 1. The molecule has 1 aromatic rings. The van der Waals surface area contributed by atoms with E-state index in [1.165, 1.54) is 12.1 Å². The molecule has 0 heterocycles. The lowest BCUT2D eigenvalue weighted by Crippen LogP contribution is -2.51. The number of hydrogen-bond acceptors (Lipinski definition) is 3. The van der Waals surface area contributed by atoms with E-state index in [9.17, 15) is 9.50 Å². The summed E-state index contributed by atoms with van der Waals surface area (Å²) in [5.41, 5.74) is -0.251. The van der Waals surface area contributed by atoms with E-state index in [-0.39, 0.29) is 18.0 Å². The van der Waals surface area contributed by atoms with Crippen LogP contribution in [0.25, 0.3) is 0 Å². The summed E-state index contributed by atoms with van der Waals surface area (Å²) in [5.74, 6) is 0.259. The first-order chi connectivity index (χ1) is 9.51. The zero-order chi connectivity index (χ0) is 15.0. The molecule has 1 unspecified atom stereocenters. The van der Waals surface area contributed by atoms with Gasteiger partial charge in [-0.2, -0.15) is 0 Å². The van der Waals surface area contributed by atoms with Crippen LogP contribution in [0.2, 0.25) is 0 Å². The molecular formula is C16H26FNO2. The van der Waals surface area contributed by atoms with Gasteiger partial charge in [-0.1, -0.05) is 26.8 Å². The number of hydrogen-bond donors (Lipinski definition) is 2. The summed E-state index contributed by atoms with van der Waals surface area (Å²) in [4.78, 5) is 0. The van der Waals surface area contributed by atoms with Crippen LogP contribution in [-0.4, -0.2) is 29.9 Å². The van der Waals surface area contributed by atoms with E-state index in [4.69, 9.17) is 4.74 Å². The molecule has 0 aliphatic rings. The molecule has 0 spiro atoms.